The number of amides is 1. The Labute approximate surface area is 198 Å². The molecule has 34 heavy (non-hydrogen) atoms. The molecule has 1 atom stereocenters. The maximum atomic E-state index is 13.0. The van der Waals surface area contributed by atoms with E-state index in [9.17, 15) is 19.7 Å². The van der Waals surface area contributed by atoms with E-state index in [0.717, 1.165) is 6.07 Å². The molecule has 172 valence electrons. The molecule has 9 nitrogen and oxygen atoms in total. The van der Waals surface area contributed by atoms with Crippen molar-refractivity contribution >= 4 is 40.9 Å². The molecule has 0 saturated carbocycles. The fourth-order valence-electron chi connectivity index (χ4n) is 3.18. The Hall–Kier alpha value is -4.37. The number of nitrogens with zero attached hydrogens (tertiary/aromatic N) is 1. The van der Waals surface area contributed by atoms with Crippen molar-refractivity contribution in [3.8, 4) is 11.5 Å². The van der Waals surface area contributed by atoms with Crippen LogP contribution in [0, 0.1) is 10.1 Å². The summed E-state index contributed by atoms with van der Waals surface area (Å²) >= 11 is 5.83. The van der Waals surface area contributed by atoms with E-state index in [1.54, 1.807) is 48.5 Å². The van der Waals surface area contributed by atoms with Gasteiger partial charge in [-0.05, 0) is 35.9 Å². The second kappa shape index (κ2) is 10.1. The SMILES string of the molecule is O=C(/C=C/c1ccc2c(c1)OCO2)O[C@@H](C(=O)Nc1ccc(Cl)c([N+](=O)[O-])c1)c1ccccc1. The average Bonchev–Trinajstić information content (AvgIpc) is 3.30. The molecule has 0 saturated heterocycles. The van der Waals surface area contributed by atoms with Crippen LogP contribution in [0.3, 0.4) is 0 Å². The zero-order valence-corrected chi connectivity index (χ0v) is 18.2. The third kappa shape index (κ3) is 5.33. The van der Waals surface area contributed by atoms with Crippen molar-refractivity contribution in [3.63, 3.8) is 0 Å². The molecule has 1 heterocycles. The summed E-state index contributed by atoms with van der Waals surface area (Å²) in [6.45, 7) is 0.134. The van der Waals surface area contributed by atoms with Gasteiger partial charge in [-0.3, -0.25) is 14.9 Å². The Balaban J connectivity index is 1.51. The Morgan fingerprint density at radius 1 is 1.06 bits per heavy atom. The summed E-state index contributed by atoms with van der Waals surface area (Å²) in [4.78, 5) is 36.0. The molecule has 3 aromatic carbocycles. The Morgan fingerprint density at radius 2 is 1.82 bits per heavy atom. The molecule has 0 spiro atoms. The average molecular weight is 481 g/mol. The summed E-state index contributed by atoms with van der Waals surface area (Å²) < 4.78 is 16.0. The molecule has 1 aliphatic heterocycles. The van der Waals surface area contributed by atoms with E-state index in [4.69, 9.17) is 25.8 Å². The maximum Gasteiger partial charge on any atom is 0.331 e. The molecular formula is C24H17ClN2O7. The van der Waals surface area contributed by atoms with E-state index in [-0.39, 0.29) is 23.2 Å². The fourth-order valence-corrected chi connectivity index (χ4v) is 3.36. The van der Waals surface area contributed by atoms with Gasteiger partial charge in [-0.2, -0.15) is 0 Å². The normalized spacial score (nSPS) is 12.9. The number of fused-ring (bicyclic) bond motifs is 1. The van der Waals surface area contributed by atoms with Crippen LogP contribution in [0.5, 0.6) is 11.5 Å². The van der Waals surface area contributed by atoms with Crippen molar-refractivity contribution < 1.29 is 28.7 Å². The first-order valence-corrected chi connectivity index (χ1v) is 10.4. The number of halogens is 1. The highest BCUT2D eigenvalue weighted by atomic mass is 35.5. The molecule has 1 aliphatic rings. The zero-order chi connectivity index (χ0) is 24.1. The summed E-state index contributed by atoms with van der Waals surface area (Å²) in [5.41, 5.74) is 0.872. The smallest absolute Gasteiger partial charge is 0.331 e. The van der Waals surface area contributed by atoms with Gasteiger partial charge in [-0.1, -0.05) is 48.0 Å². The number of esters is 1. The lowest BCUT2D eigenvalue weighted by Gasteiger charge is -2.17. The minimum atomic E-state index is -1.30. The van der Waals surface area contributed by atoms with Gasteiger partial charge in [0, 0.05) is 23.4 Å². The standard InChI is InChI=1S/C24H17ClN2O7/c25-18-9-8-17(13-19(18)27(30)31)26-24(29)23(16-4-2-1-3-5-16)34-22(28)11-7-15-6-10-20-21(12-15)33-14-32-20/h1-13,23H,14H2,(H,26,29)/b11-7+/t23-/m1/s1. The van der Waals surface area contributed by atoms with E-state index in [1.807, 2.05) is 0 Å². The summed E-state index contributed by atoms with van der Waals surface area (Å²) in [5.74, 6) is -0.270. The van der Waals surface area contributed by atoms with Crippen LogP contribution in [-0.4, -0.2) is 23.6 Å². The minimum absolute atomic E-state index is 0.0670. The number of rotatable bonds is 7. The van der Waals surface area contributed by atoms with Crippen LogP contribution in [0.4, 0.5) is 11.4 Å². The number of nitrogens with one attached hydrogen (secondary N) is 1. The first kappa shape index (κ1) is 22.8. The van der Waals surface area contributed by atoms with Gasteiger partial charge in [0.2, 0.25) is 12.9 Å². The number of ether oxygens (including phenoxy) is 3. The molecule has 1 amide bonds. The highest BCUT2D eigenvalue weighted by Crippen LogP contribution is 2.33. The van der Waals surface area contributed by atoms with Gasteiger partial charge in [0.05, 0.1) is 4.92 Å². The molecule has 0 unspecified atom stereocenters. The van der Waals surface area contributed by atoms with Gasteiger partial charge in [0.1, 0.15) is 5.02 Å². The number of nitro groups is 1. The number of hydrogen-bond donors (Lipinski definition) is 1. The lowest BCUT2D eigenvalue weighted by Crippen LogP contribution is -2.25. The van der Waals surface area contributed by atoms with Gasteiger partial charge in [-0.25, -0.2) is 4.79 Å². The zero-order valence-electron chi connectivity index (χ0n) is 17.5. The Bertz CT molecular complexity index is 1280. The number of carbonyl (C=O) groups is 2. The lowest BCUT2D eigenvalue weighted by molar-refractivity contribution is -0.384. The summed E-state index contributed by atoms with van der Waals surface area (Å²) in [5, 5.41) is 13.6. The fraction of sp³-hybridized carbons (Fsp3) is 0.0833. The predicted molar refractivity (Wildman–Crippen MR) is 124 cm³/mol. The molecule has 1 N–H and O–H groups in total. The monoisotopic (exact) mass is 480 g/mol. The second-order valence-electron chi connectivity index (χ2n) is 7.09. The second-order valence-corrected chi connectivity index (χ2v) is 7.49. The van der Waals surface area contributed by atoms with Crippen LogP contribution < -0.4 is 14.8 Å². The van der Waals surface area contributed by atoms with Crippen molar-refractivity contribution in [2.24, 2.45) is 0 Å². The van der Waals surface area contributed by atoms with Crippen LogP contribution in [0.1, 0.15) is 17.2 Å². The van der Waals surface area contributed by atoms with E-state index in [2.05, 4.69) is 5.32 Å². The van der Waals surface area contributed by atoms with E-state index in [1.165, 1.54) is 24.3 Å². The van der Waals surface area contributed by atoms with Gasteiger partial charge in [-0.15, -0.1) is 0 Å². The van der Waals surface area contributed by atoms with Gasteiger partial charge in [0.25, 0.3) is 11.6 Å². The van der Waals surface area contributed by atoms with E-state index < -0.39 is 22.9 Å². The van der Waals surface area contributed by atoms with Crippen molar-refractivity contribution in [2.45, 2.75) is 6.10 Å². The van der Waals surface area contributed by atoms with Crippen molar-refractivity contribution in [3.05, 3.63) is 99.1 Å². The van der Waals surface area contributed by atoms with Crippen molar-refractivity contribution in [1.29, 1.82) is 0 Å². The molecule has 0 aromatic heterocycles. The lowest BCUT2D eigenvalue weighted by atomic mass is 10.1. The van der Waals surface area contributed by atoms with Crippen LogP contribution in [0.25, 0.3) is 6.08 Å². The van der Waals surface area contributed by atoms with Gasteiger partial charge >= 0.3 is 5.97 Å². The summed E-state index contributed by atoms with van der Waals surface area (Å²) in [6.07, 6.45) is 1.41. The molecule has 4 rings (SSSR count). The van der Waals surface area contributed by atoms with E-state index in [0.29, 0.717) is 22.6 Å². The van der Waals surface area contributed by atoms with E-state index >= 15 is 0 Å². The van der Waals surface area contributed by atoms with Crippen LogP contribution in [0.15, 0.2) is 72.8 Å². The summed E-state index contributed by atoms with van der Waals surface area (Å²) in [7, 11) is 0. The Kier molecular flexibility index (Phi) is 6.74. The largest absolute Gasteiger partial charge is 0.454 e. The number of carbonyl (C=O) groups excluding carboxylic acids is 2. The minimum Gasteiger partial charge on any atom is -0.454 e. The molecule has 0 bridgehead atoms. The first-order valence-electron chi connectivity index (χ1n) is 9.99. The Morgan fingerprint density at radius 3 is 2.59 bits per heavy atom. The number of anilines is 1. The van der Waals surface area contributed by atoms with Gasteiger partial charge < -0.3 is 19.5 Å². The molecule has 0 aliphatic carbocycles. The van der Waals surface area contributed by atoms with Gasteiger partial charge in [0.15, 0.2) is 11.5 Å². The molecule has 3 aromatic rings. The molecule has 0 fully saturated rings. The highest BCUT2D eigenvalue weighted by molar-refractivity contribution is 6.32. The molecule has 0 radical (unpaired) electrons. The van der Waals surface area contributed by atoms with Crippen LogP contribution >= 0.6 is 11.6 Å². The molecule has 10 heteroatoms. The number of benzene rings is 3. The maximum absolute atomic E-state index is 13.0. The highest BCUT2D eigenvalue weighted by Gasteiger charge is 2.25. The third-order valence-corrected chi connectivity index (χ3v) is 5.11. The van der Waals surface area contributed by atoms with Crippen molar-refractivity contribution in [1.82, 2.24) is 0 Å². The van der Waals surface area contributed by atoms with Crippen molar-refractivity contribution in [2.75, 3.05) is 12.1 Å². The topological polar surface area (TPSA) is 117 Å². The summed E-state index contributed by atoms with van der Waals surface area (Å²) in [6, 6.07) is 17.4. The predicted octanol–water partition coefficient (Wildman–Crippen LogP) is 4.91. The third-order valence-electron chi connectivity index (χ3n) is 4.79. The van der Waals surface area contributed by atoms with Crippen LogP contribution in [-0.2, 0) is 14.3 Å². The molecular weight excluding hydrogens is 464 g/mol. The number of hydrogen-bond acceptors (Lipinski definition) is 7. The quantitative estimate of drug-likeness (QED) is 0.221. The number of nitro benzene ring substituents is 1. The first-order chi connectivity index (χ1) is 16.4. The van der Waals surface area contributed by atoms with Crippen LogP contribution in [0.2, 0.25) is 5.02 Å².